The molecule has 0 bridgehead atoms. The summed E-state index contributed by atoms with van der Waals surface area (Å²) in [5.74, 6) is -1.07. The van der Waals surface area contributed by atoms with Gasteiger partial charge in [0.25, 0.3) is 0 Å². The van der Waals surface area contributed by atoms with E-state index in [2.05, 4.69) is 32.2 Å². The van der Waals surface area contributed by atoms with E-state index in [9.17, 15) is 4.79 Å². The van der Waals surface area contributed by atoms with Gasteiger partial charge in [-0.1, -0.05) is 45.9 Å². The van der Waals surface area contributed by atoms with Crippen molar-refractivity contribution in [3.05, 3.63) is 29.8 Å². The van der Waals surface area contributed by atoms with Gasteiger partial charge in [-0.3, -0.25) is 4.79 Å². The molecule has 2 N–H and O–H groups in total. The van der Waals surface area contributed by atoms with Crippen molar-refractivity contribution >= 4 is 11.7 Å². The van der Waals surface area contributed by atoms with E-state index in [-0.39, 0.29) is 11.3 Å². The first-order valence-electron chi connectivity index (χ1n) is 6.42. The summed E-state index contributed by atoms with van der Waals surface area (Å²) in [4.78, 5) is 11.0. The molecule has 1 aromatic rings. The molecule has 100 valence electrons. The van der Waals surface area contributed by atoms with E-state index >= 15 is 0 Å². The normalized spacial score (nSPS) is 13.1. The van der Waals surface area contributed by atoms with Crippen molar-refractivity contribution in [3.8, 4) is 0 Å². The highest BCUT2D eigenvalue weighted by Gasteiger charge is 2.19. The van der Waals surface area contributed by atoms with Crippen LogP contribution in [-0.4, -0.2) is 17.6 Å². The van der Waals surface area contributed by atoms with E-state index in [0.29, 0.717) is 13.0 Å². The predicted molar refractivity (Wildman–Crippen MR) is 75.0 cm³/mol. The number of para-hydroxylation sites is 1. The Balaban J connectivity index is 2.82. The number of carboxylic acids is 1. The number of rotatable bonds is 5. The zero-order valence-electron chi connectivity index (χ0n) is 11.7. The van der Waals surface area contributed by atoms with Crippen LogP contribution in [0.15, 0.2) is 24.3 Å². The van der Waals surface area contributed by atoms with Gasteiger partial charge >= 0.3 is 5.97 Å². The topological polar surface area (TPSA) is 49.3 Å². The van der Waals surface area contributed by atoms with E-state index in [0.717, 1.165) is 5.69 Å². The van der Waals surface area contributed by atoms with Gasteiger partial charge in [0, 0.05) is 12.2 Å². The Kier molecular flexibility index (Phi) is 4.76. The third kappa shape index (κ3) is 3.76. The Morgan fingerprint density at radius 2 is 1.94 bits per heavy atom. The minimum absolute atomic E-state index is 0.0501. The molecule has 0 aliphatic carbocycles. The molecule has 0 radical (unpaired) electrons. The molecule has 3 heteroatoms. The van der Waals surface area contributed by atoms with Crippen molar-refractivity contribution < 1.29 is 9.90 Å². The van der Waals surface area contributed by atoms with Crippen LogP contribution in [0.2, 0.25) is 0 Å². The summed E-state index contributed by atoms with van der Waals surface area (Å²) in [7, 11) is 0. The van der Waals surface area contributed by atoms with Gasteiger partial charge in [0.2, 0.25) is 0 Å². The Labute approximate surface area is 109 Å². The predicted octanol–water partition coefficient (Wildman–Crippen LogP) is 3.51. The number of benzene rings is 1. The van der Waals surface area contributed by atoms with Crippen LogP contribution >= 0.6 is 0 Å². The summed E-state index contributed by atoms with van der Waals surface area (Å²) in [5, 5.41) is 12.3. The van der Waals surface area contributed by atoms with E-state index < -0.39 is 5.97 Å². The van der Waals surface area contributed by atoms with Crippen LogP contribution < -0.4 is 5.32 Å². The molecule has 3 nitrogen and oxygen atoms in total. The minimum Gasteiger partial charge on any atom is -0.481 e. The molecule has 1 atom stereocenters. The van der Waals surface area contributed by atoms with Gasteiger partial charge in [0.1, 0.15) is 0 Å². The molecule has 0 saturated heterocycles. The van der Waals surface area contributed by atoms with Crippen molar-refractivity contribution in [1.82, 2.24) is 0 Å². The second kappa shape index (κ2) is 5.89. The zero-order chi connectivity index (χ0) is 13.8. The molecule has 0 amide bonds. The van der Waals surface area contributed by atoms with Gasteiger partial charge in [0.15, 0.2) is 0 Å². The minimum atomic E-state index is -0.738. The van der Waals surface area contributed by atoms with Gasteiger partial charge in [-0.2, -0.15) is 0 Å². The van der Waals surface area contributed by atoms with Crippen molar-refractivity contribution in [1.29, 1.82) is 0 Å². The van der Waals surface area contributed by atoms with E-state index in [1.165, 1.54) is 5.56 Å². The summed E-state index contributed by atoms with van der Waals surface area (Å²) in [5.41, 5.74) is 2.30. The molecule has 0 spiro atoms. The summed E-state index contributed by atoms with van der Waals surface area (Å²) < 4.78 is 0. The number of hydrogen-bond acceptors (Lipinski definition) is 2. The molecule has 18 heavy (non-hydrogen) atoms. The van der Waals surface area contributed by atoms with Crippen LogP contribution in [0.4, 0.5) is 5.69 Å². The number of carbonyl (C=O) groups is 1. The Bertz CT molecular complexity index is 407. The van der Waals surface area contributed by atoms with Crippen molar-refractivity contribution in [2.45, 2.75) is 39.5 Å². The number of hydrogen-bond donors (Lipinski definition) is 2. The second-order valence-electron chi connectivity index (χ2n) is 5.62. The smallest absolute Gasteiger partial charge is 0.308 e. The van der Waals surface area contributed by atoms with Gasteiger partial charge in [0.05, 0.1) is 5.92 Å². The highest BCUT2D eigenvalue weighted by atomic mass is 16.4. The quantitative estimate of drug-likeness (QED) is 0.839. The number of carboxylic acid groups (broad SMARTS) is 1. The van der Waals surface area contributed by atoms with Gasteiger partial charge < -0.3 is 10.4 Å². The van der Waals surface area contributed by atoms with Crippen LogP contribution in [0.5, 0.6) is 0 Å². The SMILES string of the molecule is CCC(CNc1ccccc1C(C)(C)C)C(=O)O. The molecule has 0 aliphatic rings. The maximum absolute atomic E-state index is 11.0. The maximum Gasteiger partial charge on any atom is 0.308 e. The third-order valence-corrected chi connectivity index (χ3v) is 3.12. The highest BCUT2D eigenvalue weighted by Crippen LogP contribution is 2.29. The monoisotopic (exact) mass is 249 g/mol. The van der Waals surface area contributed by atoms with E-state index in [1.807, 2.05) is 25.1 Å². The second-order valence-corrected chi connectivity index (χ2v) is 5.62. The maximum atomic E-state index is 11.0. The van der Waals surface area contributed by atoms with Gasteiger partial charge in [-0.15, -0.1) is 0 Å². The molecular weight excluding hydrogens is 226 g/mol. The molecule has 0 saturated carbocycles. The standard InChI is InChI=1S/C15H23NO2/c1-5-11(14(17)18)10-16-13-9-7-6-8-12(13)15(2,3)4/h6-9,11,16H,5,10H2,1-4H3,(H,17,18). The Morgan fingerprint density at radius 3 is 2.44 bits per heavy atom. The van der Waals surface area contributed by atoms with Crippen LogP contribution in [0.25, 0.3) is 0 Å². The van der Waals surface area contributed by atoms with Crippen LogP contribution in [0.1, 0.15) is 39.7 Å². The third-order valence-electron chi connectivity index (χ3n) is 3.12. The molecule has 0 aliphatic heterocycles. The zero-order valence-corrected chi connectivity index (χ0v) is 11.7. The number of nitrogens with one attached hydrogen (secondary N) is 1. The largest absolute Gasteiger partial charge is 0.481 e. The van der Waals surface area contributed by atoms with Gasteiger partial charge in [-0.25, -0.2) is 0 Å². The average molecular weight is 249 g/mol. The fourth-order valence-corrected chi connectivity index (χ4v) is 1.93. The Morgan fingerprint density at radius 1 is 1.33 bits per heavy atom. The summed E-state index contributed by atoms with van der Waals surface area (Å²) in [6.45, 7) is 8.83. The molecular formula is C15H23NO2. The molecule has 1 aromatic carbocycles. The lowest BCUT2D eigenvalue weighted by atomic mass is 9.85. The lowest BCUT2D eigenvalue weighted by molar-refractivity contribution is -0.141. The highest BCUT2D eigenvalue weighted by molar-refractivity contribution is 5.71. The van der Waals surface area contributed by atoms with Crippen molar-refractivity contribution in [3.63, 3.8) is 0 Å². The summed E-state index contributed by atoms with van der Waals surface area (Å²) >= 11 is 0. The summed E-state index contributed by atoms with van der Waals surface area (Å²) in [6, 6.07) is 8.08. The van der Waals surface area contributed by atoms with E-state index in [4.69, 9.17) is 5.11 Å². The molecule has 0 heterocycles. The lowest BCUT2D eigenvalue weighted by Gasteiger charge is -2.24. The molecule has 1 unspecified atom stereocenters. The summed E-state index contributed by atoms with van der Waals surface area (Å²) in [6.07, 6.45) is 0.639. The first-order chi connectivity index (χ1) is 8.36. The molecule has 0 fully saturated rings. The Hall–Kier alpha value is -1.51. The fourth-order valence-electron chi connectivity index (χ4n) is 1.93. The van der Waals surface area contributed by atoms with Crippen LogP contribution in [0.3, 0.4) is 0 Å². The average Bonchev–Trinajstić information content (AvgIpc) is 2.28. The first-order valence-corrected chi connectivity index (χ1v) is 6.42. The van der Waals surface area contributed by atoms with Crippen molar-refractivity contribution in [2.75, 3.05) is 11.9 Å². The molecule has 1 rings (SSSR count). The number of aliphatic carboxylic acids is 1. The fraction of sp³-hybridized carbons (Fsp3) is 0.533. The van der Waals surface area contributed by atoms with Gasteiger partial charge in [-0.05, 0) is 23.5 Å². The van der Waals surface area contributed by atoms with Crippen LogP contribution in [0, 0.1) is 5.92 Å². The lowest BCUT2D eigenvalue weighted by Crippen LogP contribution is -2.23. The van der Waals surface area contributed by atoms with Crippen LogP contribution in [-0.2, 0) is 10.2 Å². The first kappa shape index (κ1) is 14.6. The van der Waals surface area contributed by atoms with E-state index in [1.54, 1.807) is 0 Å². The van der Waals surface area contributed by atoms with Crippen molar-refractivity contribution in [2.24, 2.45) is 5.92 Å². The molecule has 0 aromatic heterocycles. The number of anilines is 1.